The molecule has 1 aliphatic carbocycles. The molecule has 3 nitrogen and oxygen atoms in total. The number of hydrogen-bond acceptors (Lipinski definition) is 2. The summed E-state index contributed by atoms with van der Waals surface area (Å²) in [6.07, 6.45) is 2.75. The Balaban J connectivity index is 1.97. The van der Waals surface area contributed by atoms with Gasteiger partial charge in [0, 0.05) is 18.0 Å². The van der Waals surface area contributed by atoms with Crippen molar-refractivity contribution in [3.8, 4) is 0 Å². The third-order valence-electron chi connectivity index (χ3n) is 3.04. The molecule has 1 unspecified atom stereocenters. The molecule has 1 fully saturated rings. The Morgan fingerprint density at radius 3 is 2.47 bits per heavy atom. The maximum absolute atomic E-state index is 11.5. The van der Waals surface area contributed by atoms with Gasteiger partial charge in [0.1, 0.15) is 0 Å². The van der Waals surface area contributed by atoms with E-state index in [0.717, 1.165) is 12.5 Å². The van der Waals surface area contributed by atoms with E-state index in [0.29, 0.717) is 4.90 Å². The molecule has 0 radical (unpaired) electrons. The molecule has 1 aliphatic rings. The largest absolute Gasteiger partial charge is 0.302 e. The van der Waals surface area contributed by atoms with Crippen molar-refractivity contribution in [3.63, 3.8) is 0 Å². The second-order valence-electron chi connectivity index (χ2n) is 5.01. The average Bonchev–Trinajstić information content (AvgIpc) is 3.01. The quantitative estimate of drug-likeness (QED) is 0.807. The lowest BCUT2D eigenvalue weighted by molar-refractivity contribution is 0.313. The summed E-state index contributed by atoms with van der Waals surface area (Å²) >= 11 is 0. The van der Waals surface area contributed by atoms with Crippen LogP contribution in [0.2, 0.25) is 0 Å². The lowest BCUT2D eigenvalue weighted by atomic mass is 10.2. The van der Waals surface area contributed by atoms with Crippen molar-refractivity contribution < 1.29 is 4.21 Å². The molecule has 0 heterocycles. The van der Waals surface area contributed by atoms with Crippen LogP contribution in [-0.2, 0) is 16.3 Å². The molecule has 1 aromatic rings. The van der Waals surface area contributed by atoms with Gasteiger partial charge in [0.2, 0.25) is 0 Å². The van der Waals surface area contributed by atoms with Crippen LogP contribution in [0.5, 0.6) is 0 Å². The Kier molecular flexibility index (Phi) is 3.56. The van der Waals surface area contributed by atoms with Crippen molar-refractivity contribution in [2.24, 2.45) is 11.1 Å². The van der Waals surface area contributed by atoms with Crippen molar-refractivity contribution in [2.75, 3.05) is 13.6 Å². The highest BCUT2D eigenvalue weighted by atomic mass is 32.2. The van der Waals surface area contributed by atoms with Crippen LogP contribution in [0, 0.1) is 5.92 Å². The smallest absolute Gasteiger partial charge is 0.0507 e. The molecule has 0 saturated heterocycles. The van der Waals surface area contributed by atoms with Gasteiger partial charge < -0.3 is 4.90 Å². The first-order chi connectivity index (χ1) is 7.95. The Bertz CT molecular complexity index is 475. The lowest BCUT2D eigenvalue weighted by Gasteiger charge is -2.16. The summed E-state index contributed by atoms with van der Waals surface area (Å²) in [4.78, 5) is 2.95. The van der Waals surface area contributed by atoms with Gasteiger partial charge in [-0.15, -0.1) is 0 Å². The monoisotopic (exact) mass is 252 g/mol. The van der Waals surface area contributed by atoms with Gasteiger partial charge in [0.25, 0.3) is 0 Å². The van der Waals surface area contributed by atoms with Crippen LogP contribution in [0.1, 0.15) is 18.4 Å². The highest BCUT2D eigenvalue weighted by Crippen LogP contribution is 2.29. The number of nitrogens with two attached hydrogens (primary N) is 1. The number of rotatable bonds is 5. The predicted molar refractivity (Wildman–Crippen MR) is 73.2 cm³/mol. The molecule has 1 aromatic carbocycles. The van der Waals surface area contributed by atoms with Crippen LogP contribution in [-0.4, -0.2) is 28.6 Å². The molecule has 2 N–H and O–H groups in total. The van der Waals surface area contributed by atoms with E-state index in [2.05, 4.69) is 17.8 Å². The van der Waals surface area contributed by atoms with Gasteiger partial charge in [-0.25, -0.2) is 4.21 Å². The fourth-order valence-electron chi connectivity index (χ4n) is 1.94. The molecule has 1 saturated carbocycles. The van der Waals surface area contributed by atoms with E-state index in [9.17, 15) is 4.21 Å². The van der Waals surface area contributed by atoms with Crippen LogP contribution in [0.3, 0.4) is 0 Å². The number of hydrogen-bond donors (Lipinski definition) is 1. The van der Waals surface area contributed by atoms with Crippen LogP contribution >= 0.6 is 0 Å². The van der Waals surface area contributed by atoms with E-state index >= 15 is 0 Å². The molecule has 2 rings (SSSR count). The van der Waals surface area contributed by atoms with Crippen molar-refractivity contribution in [1.29, 1.82) is 0 Å². The summed E-state index contributed by atoms with van der Waals surface area (Å²) in [5, 5.41) is 5.49. The predicted octanol–water partition coefficient (Wildman–Crippen LogP) is 1.48. The fraction of sp³-hybridized carbons (Fsp3) is 0.462. The van der Waals surface area contributed by atoms with E-state index in [1.54, 1.807) is 0 Å². The molecule has 4 heteroatoms. The topological polar surface area (TPSA) is 46.3 Å². The second-order valence-corrected chi connectivity index (χ2v) is 6.93. The molecule has 0 aromatic heterocycles. The summed E-state index contributed by atoms with van der Waals surface area (Å²) in [7, 11) is -0.432. The minimum absolute atomic E-state index is 0.617. The van der Waals surface area contributed by atoms with Crippen LogP contribution in [0.25, 0.3) is 0 Å². The van der Waals surface area contributed by atoms with Crippen molar-refractivity contribution in [1.82, 2.24) is 4.90 Å². The molecule has 0 bridgehead atoms. The van der Waals surface area contributed by atoms with Crippen LogP contribution < -0.4 is 5.14 Å². The molecule has 0 amide bonds. The summed E-state index contributed by atoms with van der Waals surface area (Å²) in [6, 6.07) is 7.60. The van der Waals surface area contributed by atoms with Gasteiger partial charge in [0.15, 0.2) is 0 Å². The summed E-state index contributed by atoms with van der Waals surface area (Å²) in [6.45, 7) is 2.10. The third kappa shape index (κ3) is 3.84. The Hall–Kier alpha value is -0.840. The third-order valence-corrected chi connectivity index (χ3v) is 4.11. The average molecular weight is 252 g/mol. The van der Waals surface area contributed by atoms with Gasteiger partial charge in [-0.3, -0.25) is 5.14 Å². The highest BCUT2D eigenvalue weighted by molar-refractivity contribution is 7.98. The Morgan fingerprint density at radius 2 is 2.00 bits per heavy atom. The summed E-state index contributed by atoms with van der Waals surface area (Å²) < 4.78 is 11.5. The lowest BCUT2D eigenvalue weighted by Crippen LogP contribution is -2.20. The molecule has 0 aliphatic heterocycles. The standard InChI is InChI=1S/C13H20N2OS/c1-15(9-11-3-4-11)10-12-5-7-13(8-6-12)17(2,14)16/h5-8,11H,2-4,9-10H2,1H3,(H2,14,16). The van der Waals surface area contributed by atoms with Gasteiger partial charge in [-0.1, -0.05) is 12.1 Å². The molecular weight excluding hydrogens is 232 g/mol. The highest BCUT2D eigenvalue weighted by Gasteiger charge is 2.22. The van der Waals surface area contributed by atoms with E-state index in [1.165, 1.54) is 24.9 Å². The van der Waals surface area contributed by atoms with E-state index < -0.39 is 9.71 Å². The summed E-state index contributed by atoms with van der Waals surface area (Å²) in [5.41, 5.74) is 1.22. The molecule has 1 atom stereocenters. The Morgan fingerprint density at radius 1 is 1.41 bits per heavy atom. The molecule has 17 heavy (non-hydrogen) atoms. The van der Waals surface area contributed by atoms with Crippen molar-refractivity contribution in [2.45, 2.75) is 24.3 Å². The summed E-state index contributed by atoms with van der Waals surface area (Å²) in [5.74, 6) is 4.38. The van der Waals surface area contributed by atoms with Crippen molar-refractivity contribution in [3.05, 3.63) is 29.8 Å². The molecular formula is C13H20N2OS. The maximum Gasteiger partial charge on any atom is 0.0507 e. The van der Waals surface area contributed by atoms with Gasteiger partial charge in [0.05, 0.1) is 9.71 Å². The van der Waals surface area contributed by atoms with Gasteiger partial charge in [-0.05, 0) is 49.4 Å². The van der Waals surface area contributed by atoms with Gasteiger partial charge >= 0.3 is 0 Å². The van der Waals surface area contributed by atoms with E-state index in [4.69, 9.17) is 5.14 Å². The first kappa shape index (κ1) is 12.6. The SMILES string of the molecule is C=S(N)(=O)c1ccc(CN(C)CC2CC2)cc1. The van der Waals surface area contributed by atoms with E-state index in [1.807, 2.05) is 24.3 Å². The van der Waals surface area contributed by atoms with Crippen LogP contribution in [0.4, 0.5) is 0 Å². The van der Waals surface area contributed by atoms with E-state index in [-0.39, 0.29) is 0 Å². The first-order valence-electron chi connectivity index (χ1n) is 5.87. The number of benzene rings is 1. The van der Waals surface area contributed by atoms with Crippen molar-refractivity contribution >= 4 is 15.6 Å². The van der Waals surface area contributed by atoms with Gasteiger partial charge in [-0.2, -0.15) is 0 Å². The number of nitrogens with zero attached hydrogens (tertiary/aromatic N) is 1. The molecule has 0 spiro atoms. The first-order valence-corrected chi connectivity index (χ1v) is 7.66. The fourth-order valence-corrected chi connectivity index (χ4v) is 2.54. The van der Waals surface area contributed by atoms with Crippen LogP contribution in [0.15, 0.2) is 29.2 Å². The Labute approximate surface area is 104 Å². The minimum atomic E-state index is -2.57. The normalized spacial score (nSPS) is 19.2. The minimum Gasteiger partial charge on any atom is -0.302 e. The molecule has 94 valence electrons. The zero-order valence-electron chi connectivity index (χ0n) is 10.3. The zero-order chi connectivity index (χ0) is 12.5. The zero-order valence-corrected chi connectivity index (χ0v) is 11.1. The maximum atomic E-state index is 11.5. The second kappa shape index (κ2) is 4.80.